The van der Waals surface area contributed by atoms with Crippen molar-refractivity contribution in [3.63, 3.8) is 0 Å². The van der Waals surface area contributed by atoms with Crippen molar-refractivity contribution in [2.75, 3.05) is 6.54 Å². The van der Waals surface area contributed by atoms with Gasteiger partial charge in [0.1, 0.15) is 0 Å². The molecule has 1 atom stereocenters. The second kappa shape index (κ2) is 7.54. The Bertz CT molecular complexity index is 699. The third-order valence-electron chi connectivity index (χ3n) is 3.36. The summed E-state index contributed by atoms with van der Waals surface area (Å²) in [6, 6.07) is 16.7. The van der Waals surface area contributed by atoms with Gasteiger partial charge in [0.25, 0.3) is 0 Å². The van der Waals surface area contributed by atoms with E-state index in [0.717, 1.165) is 16.7 Å². The normalized spacial score (nSPS) is 13.0. The lowest BCUT2D eigenvalue weighted by Gasteiger charge is -2.12. The zero-order chi connectivity index (χ0) is 16.0. The highest BCUT2D eigenvalue weighted by atomic mass is 32.2. The van der Waals surface area contributed by atoms with Crippen molar-refractivity contribution < 1.29 is 13.5 Å². The van der Waals surface area contributed by atoms with Crippen LogP contribution >= 0.6 is 0 Å². The highest BCUT2D eigenvalue weighted by Gasteiger charge is 2.13. The van der Waals surface area contributed by atoms with Crippen LogP contribution in [0.2, 0.25) is 0 Å². The molecule has 0 unspecified atom stereocenters. The molecule has 4 nitrogen and oxygen atoms in total. The van der Waals surface area contributed by atoms with E-state index in [4.69, 9.17) is 0 Å². The summed E-state index contributed by atoms with van der Waals surface area (Å²) >= 11 is 0. The van der Waals surface area contributed by atoms with E-state index in [2.05, 4.69) is 4.72 Å². The van der Waals surface area contributed by atoms with Crippen LogP contribution in [0.3, 0.4) is 0 Å². The molecule has 0 saturated carbocycles. The van der Waals surface area contributed by atoms with E-state index in [1.807, 2.05) is 55.5 Å². The summed E-state index contributed by atoms with van der Waals surface area (Å²) in [4.78, 5) is 0. The van der Waals surface area contributed by atoms with E-state index in [1.165, 1.54) is 0 Å². The largest absolute Gasteiger partial charge is 0.388 e. The van der Waals surface area contributed by atoms with Crippen molar-refractivity contribution in [1.29, 1.82) is 0 Å². The summed E-state index contributed by atoms with van der Waals surface area (Å²) in [7, 11) is -3.39. The Hall–Kier alpha value is -1.69. The monoisotopic (exact) mass is 319 g/mol. The van der Waals surface area contributed by atoms with Gasteiger partial charge in [-0.05, 0) is 24.5 Å². The zero-order valence-corrected chi connectivity index (χ0v) is 13.4. The van der Waals surface area contributed by atoms with Crippen LogP contribution in [-0.4, -0.2) is 20.1 Å². The lowest BCUT2D eigenvalue weighted by molar-refractivity contribution is 0.169. The van der Waals surface area contributed by atoms with Crippen LogP contribution in [0.25, 0.3) is 0 Å². The maximum Gasteiger partial charge on any atom is 0.215 e. The molecular weight excluding hydrogens is 298 g/mol. The summed E-state index contributed by atoms with van der Waals surface area (Å²) in [5.74, 6) is -0.0455. The van der Waals surface area contributed by atoms with Gasteiger partial charge < -0.3 is 5.11 Å². The van der Waals surface area contributed by atoms with Crippen LogP contribution in [0.15, 0.2) is 54.6 Å². The molecule has 2 aromatic rings. The van der Waals surface area contributed by atoms with E-state index >= 15 is 0 Å². The number of aryl methyl sites for hydroxylation is 1. The first-order valence-corrected chi connectivity index (χ1v) is 8.87. The highest BCUT2D eigenvalue weighted by molar-refractivity contribution is 7.88. The summed E-state index contributed by atoms with van der Waals surface area (Å²) in [6.07, 6.45) is -0.320. The summed E-state index contributed by atoms with van der Waals surface area (Å²) in [6.45, 7) is 2.14. The van der Waals surface area contributed by atoms with Gasteiger partial charge in [-0.1, -0.05) is 60.2 Å². The minimum absolute atomic E-state index is 0.0455. The number of benzene rings is 2. The van der Waals surface area contributed by atoms with Crippen LogP contribution in [0, 0.1) is 6.92 Å². The summed E-state index contributed by atoms with van der Waals surface area (Å²) in [5.41, 5.74) is 2.59. The number of aliphatic hydroxyl groups is 1. The smallest absolute Gasteiger partial charge is 0.215 e. The van der Waals surface area contributed by atoms with Gasteiger partial charge in [0.05, 0.1) is 11.9 Å². The lowest BCUT2D eigenvalue weighted by Crippen LogP contribution is -2.27. The van der Waals surface area contributed by atoms with Gasteiger partial charge in [0.15, 0.2) is 0 Å². The predicted octanol–water partition coefficient (Wildman–Crippen LogP) is 2.54. The van der Waals surface area contributed by atoms with Crippen molar-refractivity contribution in [2.45, 2.75) is 25.2 Å². The summed E-state index contributed by atoms with van der Waals surface area (Å²) in [5, 5.41) is 10.0. The fraction of sp³-hybridized carbons (Fsp3) is 0.294. The Kier molecular flexibility index (Phi) is 5.71. The molecule has 118 valence electrons. The second-order valence-corrected chi connectivity index (χ2v) is 7.16. The molecule has 22 heavy (non-hydrogen) atoms. The van der Waals surface area contributed by atoms with Crippen LogP contribution < -0.4 is 4.72 Å². The van der Waals surface area contributed by atoms with Crippen molar-refractivity contribution in [1.82, 2.24) is 4.72 Å². The number of hydrogen-bond acceptors (Lipinski definition) is 3. The average Bonchev–Trinajstić information content (AvgIpc) is 2.47. The number of hydrogen-bond donors (Lipinski definition) is 2. The first kappa shape index (κ1) is 16.7. The minimum atomic E-state index is -3.39. The molecule has 0 radical (unpaired) electrons. The number of sulfonamides is 1. The van der Waals surface area contributed by atoms with Crippen molar-refractivity contribution in [3.8, 4) is 0 Å². The van der Waals surface area contributed by atoms with Crippen LogP contribution in [0.1, 0.15) is 29.2 Å². The third-order valence-corrected chi connectivity index (χ3v) is 4.72. The Morgan fingerprint density at radius 2 is 1.82 bits per heavy atom. The molecular formula is C17H21NO3S. The Labute approximate surface area is 131 Å². The van der Waals surface area contributed by atoms with Crippen LogP contribution in [-0.2, 0) is 15.8 Å². The summed E-state index contributed by atoms with van der Waals surface area (Å²) < 4.78 is 26.6. The van der Waals surface area contributed by atoms with Gasteiger partial charge in [-0.2, -0.15) is 0 Å². The molecule has 2 aromatic carbocycles. The molecule has 0 bridgehead atoms. The molecule has 2 rings (SSSR count). The first-order chi connectivity index (χ1) is 10.5. The van der Waals surface area contributed by atoms with Crippen molar-refractivity contribution >= 4 is 10.0 Å². The fourth-order valence-corrected chi connectivity index (χ4v) is 3.41. The number of aliphatic hydroxyl groups excluding tert-OH is 1. The topological polar surface area (TPSA) is 66.4 Å². The molecule has 0 spiro atoms. The molecule has 0 aliphatic rings. The number of nitrogens with one attached hydrogen (secondary N) is 1. The van der Waals surface area contributed by atoms with Gasteiger partial charge in [-0.3, -0.25) is 0 Å². The Morgan fingerprint density at radius 3 is 2.50 bits per heavy atom. The quantitative estimate of drug-likeness (QED) is 0.824. The van der Waals surface area contributed by atoms with E-state index < -0.39 is 16.1 Å². The highest BCUT2D eigenvalue weighted by Crippen LogP contribution is 2.15. The van der Waals surface area contributed by atoms with Gasteiger partial charge in [0.2, 0.25) is 10.0 Å². The standard InChI is InChI=1S/C17H21NO3S/c1-14-6-5-7-15(12-14)13-22(20,21)18-11-10-17(19)16-8-3-2-4-9-16/h2-9,12,17-19H,10-11,13H2,1H3/t17-/m1/s1. The Morgan fingerprint density at radius 1 is 1.09 bits per heavy atom. The molecule has 0 aliphatic carbocycles. The van der Waals surface area contributed by atoms with E-state index in [0.29, 0.717) is 6.42 Å². The van der Waals surface area contributed by atoms with Crippen LogP contribution in [0.4, 0.5) is 0 Å². The van der Waals surface area contributed by atoms with E-state index in [1.54, 1.807) is 6.07 Å². The second-order valence-electron chi connectivity index (χ2n) is 5.36. The van der Waals surface area contributed by atoms with Gasteiger partial charge in [-0.25, -0.2) is 13.1 Å². The Balaban J connectivity index is 1.85. The maximum atomic E-state index is 12.0. The maximum absolute atomic E-state index is 12.0. The molecule has 0 fully saturated rings. The first-order valence-electron chi connectivity index (χ1n) is 7.22. The van der Waals surface area contributed by atoms with Crippen LogP contribution in [0.5, 0.6) is 0 Å². The van der Waals surface area contributed by atoms with E-state index in [-0.39, 0.29) is 12.3 Å². The molecule has 0 saturated heterocycles. The molecule has 0 amide bonds. The van der Waals surface area contributed by atoms with Gasteiger partial charge in [0, 0.05) is 6.54 Å². The van der Waals surface area contributed by atoms with Gasteiger partial charge in [-0.15, -0.1) is 0 Å². The average molecular weight is 319 g/mol. The molecule has 2 N–H and O–H groups in total. The minimum Gasteiger partial charge on any atom is -0.388 e. The van der Waals surface area contributed by atoms with E-state index in [9.17, 15) is 13.5 Å². The van der Waals surface area contributed by atoms with Crippen molar-refractivity contribution in [3.05, 3.63) is 71.3 Å². The SMILES string of the molecule is Cc1cccc(CS(=O)(=O)NCC[C@@H](O)c2ccccc2)c1. The molecule has 0 aliphatic heterocycles. The lowest BCUT2D eigenvalue weighted by atomic mass is 10.1. The number of rotatable bonds is 7. The zero-order valence-electron chi connectivity index (χ0n) is 12.6. The molecule has 5 heteroatoms. The fourth-order valence-electron chi connectivity index (χ4n) is 2.27. The van der Waals surface area contributed by atoms with Gasteiger partial charge >= 0.3 is 0 Å². The molecule has 0 aromatic heterocycles. The third kappa shape index (κ3) is 5.26. The molecule has 0 heterocycles. The predicted molar refractivity (Wildman–Crippen MR) is 87.8 cm³/mol. The van der Waals surface area contributed by atoms with Crippen molar-refractivity contribution in [2.24, 2.45) is 0 Å².